The van der Waals surface area contributed by atoms with Crippen molar-refractivity contribution in [3.05, 3.63) is 17.8 Å². The van der Waals surface area contributed by atoms with E-state index in [1.54, 1.807) is 0 Å². The molecular weight excluding hydrogens is 238 g/mol. The van der Waals surface area contributed by atoms with Gasteiger partial charge in [0.2, 0.25) is 0 Å². The molecule has 2 heterocycles. The molecule has 1 aliphatic heterocycles. The SMILES string of the molecule is CCc1ccc(N(C)CCCN2CCNCC2)nn1. The number of piperazine rings is 1. The van der Waals surface area contributed by atoms with Crippen LogP contribution in [0.5, 0.6) is 0 Å². The lowest BCUT2D eigenvalue weighted by Crippen LogP contribution is -2.44. The van der Waals surface area contributed by atoms with Crippen LogP contribution in [0, 0.1) is 0 Å². The fourth-order valence-electron chi connectivity index (χ4n) is 2.33. The van der Waals surface area contributed by atoms with Crippen LogP contribution in [0.2, 0.25) is 0 Å². The molecule has 5 nitrogen and oxygen atoms in total. The molecule has 1 aliphatic rings. The van der Waals surface area contributed by atoms with Gasteiger partial charge in [-0.2, -0.15) is 5.10 Å². The lowest BCUT2D eigenvalue weighted by atomic mass is 10.3. The zero-order chi connectivity index (χ0) is 13.5. The first-order chi connectivity index (χ1) is 9.29. The summed E-state index contributed by atoms with van der Waals surface area (Å²) in [6, 6.07) is 4.13. The van der Waals surface area contributed by atoms with Gasteiger partial charge < -0.3 is 15.1 Å². The summed E-state index contributed by atoms with van der Waals surface area (Å²) in [4.78, 5) is 4.71. The summed E-state index contributed by atoms with van der Waals surface area (Å²) in [7, 11) is 2.09. The monoisotopic (exact) mass is 263 g/mol. The molecule has 0 bridgehead atoms. The Morgan fingerprint density at radius 1 is 1.26 bits per heavy atom. The molecule has 0 saturated carbocycles. The maximum absolute atomic E-state index is 4.27. The van der Waals surface area contributed by atoms with Crippen molar-refractivity contribution >= 4 is 5.82 Å². The third-order valence-electron chi connectivity index (χ3n) is 3.64. The van der Waals surface area contributed by atoms with E-state index in [0.29, 0.717) is 0 Å². The first kappa shape index (κ1) is 14.2. The summed E-state index contributed by atoms with van der Waals surface area (Å²) in [5.41, 5.74) is 1.05. The van der Waals surface area contributed by atoms with Crippen molar-refractivity contribution in [2.45, 2.75) is 19.8 Å². The molecule has 1 fully saturated rings. The predicted octanol–water partition coefficient (Wildman–Crippen LogP) is 0.770. The summed E-state index contributed by atoms with van der Waals surface area (Å²) in [5, 5.41) is 11.9. The molecule has 0 aliphatic carbocycles. The van der Waals surface area contributed by atoms with E-state index in [0.717, 1.165) is 37.6 Å². The Labute approximate surface area is 116 Å². The lowest BCUT2D eigenvalue weighted by Gasteiger charge is -2.28. The minimum absolute atomic E-state index is 0.944. The summed E-state index contributed by atoms with van der Waals surface area (Å²) in [6.07, 6.45) is 2.12. The number of nitrogens with one attached hydrogen (secondary N) is 1. The second-order valence-corrected chi connectivity index (χ2v) is 5.10. The van der Waals surface area contributed by atoms with E-state index in [4.69, 9.17) is 0 Å². The molecule has 0 unspecified atom stereocenters. The van der Waals surface area contributed by atoms with Gasteiger partial charge in [-0.05, 0) is 31.5 Å². The van der Waals surface area contributed by atoms with Crippen LogP contribution in [0.3, 0.4) is 0 Å². The van der Waals surface area contributed by atoms with E-state index in [1.165, 1.54) is 26.1 Å². The van der Waals surface area contributed by atoms with E-state index < -0.39 is 0 Å². The van der Waals surface area contributed by atoms with Gasteiger partial charge in [-0.3, -0.25) is 0 Å². The van der Waals surface area contributed by atoms with Crippen molar-refractivity contribution in [2.75, 3.05) is 51.2 Å². The first-order valence-corrected chi connectivity index (χ1v) is 7.26. The fourth-order valence-corrected chi connectivity index (χ4v) is 2.33. The molecule has 0 spiro atoms. The van der Waals surface area contributed by atoms with E-state index in [-0.39, 0.29) is 0 Å². The fraction of sp³-hybridized carbons (Fsp3) is 0.714. The Balaban J connectivity index is 1.72. The van der Waals surface area contributed by atoms with Crippen molar-refractivity contribution in [3.8, 4) is 0 Å². The molecule has 0 aromatic carbocycles. The van der Waals surface area contributed by atoms with Crippen LogP contribution in [0.4, 0.5) is 5.82 Å². The van der Waals surface area contributed by atoms with Crippen molar-refractivity contribution in [1.82, 2.24) is 20.4 Å². The Kier molecular flexibility index (Phi) is 5.54. The quantitative estimate of drug-likeness (QED) is 0.821. The average molecular weight is 263 g/mol. The second-order valence-electron chi connectivity index (χ2n) is 5.10. The number of aromatic nitrogens is 2. The summed E-state index contributed by atoms with van der Waals surface area (Å²) in [6.45, 7) is 8.90. The van der Waals surface area contributed by atoms with Crippen molar-refractivity contribution in [3.63, 3.8) is 0 Å². The molecule has 2 rings (SSSR count). The first-order valence-electron chi connectivity index (χ1n) is 7.26. The number of hydrogen-bond acceptors (Lipinski definition) is 5. The molecule has 19 heavy (non-hydrogen) atoms. The van der Waals surface area contributed by atoms with Crippen LogP contribution < -0.4 is 10.2 Å². The van der Waals surface area contributed by atoms with E-state index >= 15 is 0 Å². The Morgan fingerprint density at radius 2 is 2.05 bits per heavy atom. The van der Waals surface area contributed by atoms with Gasteiger partial charge in [0.1, 0.15) is 0 Å². The highest BCUT2D eigenvalue weighted by Crippen LogP contribution is 2.08. The smallest absolute Gasteiger partial charge is 0.150 e. The van der Waals surface area contributed by atoms with Crippen molar-refractivity contribution < 1.29 is 0 Å². The topological polar surface area (TPSA) is 44.3 Å². The number of rotatable bonds is 6. The number of aryl methyl sites for hydroxylation is 1. The van der Waals surface area contributed by atoms with Crippen molar-refractivity contribution in [1.29, 1.82) is 0 Å². The normalized spacial score (nSPS) is 16.5. The second kappa shape index (κ2) is 7.40. The molecule has 0 amide bonds. The zero-order valence-corrected chi connectivity index (χ0v) is 12.1. The van der Waals surface area contributed by atoms with Gasteiger partial charge in [-0.15, -0.1) is 5.10 Å². The minimum atomic E-state index is 0.944. The average Bonchev–Trinajstić information content (AvgIpc) is 2.48. The van der Waals surface area contributed by atoms with Gasteiger partial charge in [0.25, 0.3) is 0 Å². The van der Waals surface area contributed by atoms with Gasteiger partial charge in [0.15, 0.2) is 5.82 Å². The molecule has 1 aromatic heterocycles. The Bertz CT molecular complexity index is 359. The Hall–Kier alpha value is -1.20. The third kappa shape index (κ3) is 4.44. The lowest BCUT2D eigenvalue weighted by molar-refractivity contribution is 0.239. The van der Waals surface area contributed by atoms with E-state index in [1.807, 2.05) is 0 Å². The summed E-state index contributed by atoms with van der Waals surface area (Å²) in [5.74, 6) is 0.970. The van der Waals surface area contributed by atoms with Gasteiger partial charge in [0, 0.05) is 39.8 Å². The maximum Gasteiger partial charge on any atom is 0.150 e. The highest BCUT2D eigenvalue weighted by Gasteiger charge is 2.09. The van der Waals surface area contributed by atoms with Gasteiger partial charge in [-0.25, -0.2) is 0 Å². The summed E-state index contributed by atoms with van der Waals surface area (Å²) >= 11 is 0. The standard InChI is InChI=1S/C14H25N5/c1-3-13-5-6-14(17-16-13)18(2)9-4-10-19-11-7-15-8-12-19/h5-6,15H,3-4,7-12H2,1-2H3. The van der Waals surface area contributed by atoms with Gasteiger partial charge in [0.05, 0.1) is 5.69 Å². The number of anilines is 1. The predicted molar refractivity (Wildman–Crippen MR) is 78.6 cm³/mol. The molecule has 0 radical (unpaired) electrons. The molecule has 1 saturated heterocycles. The maximum atomic E-state index is 4.27. The molecule has 5 heteroatoms. The number of hydrogen-bond donors (Lipinski definition) is 1. The third-order valence-corrected chi connectivity index (χ3v) is 3.64. The molecule has 0 atom stereocenters. The van der Waals surface area contributed by atoms with Crippen LogP contribution in [0.25, 0.3) is 0 Å². The molecule has 1 N–H and O–H groups in total. The molecule has 106 valence electrons. The highest BCUT2D eigenvalue weighted by molar-refractivity contribution is 5.35. The Morgan fingerprint density at radius 3 is 2.68 bits per heavy atom. The number of nitrogens with zero attached hydrogens (tertiary/aromatic N) is 4. The van der Waals surface area contributed by atoms with E-state index in [9.17, 15) is 0 Å². The van der Waals surface area contributed by atoms with Crippen molar-refractivity contribution in [2.24, 2.45) is 0 Å². The van der Waals surface area contributed by atoms with Crippen LogP contribution in [0.1, 0.15) is 19.0 Å². The summed E-state index contributed by atoms with van der Waals surface area (Å²) < 4.78 is 0. The minimum Gasteiger partial charge on any atom is -0.358 e. The highest BCUT2D eigenvalue weighted by atomic mass is 15.2. The molecule has 1 aromatic rings. The van der Waals surface area contributed by atoms with Gasteiger partial charge >= 0.3 is 0 Å². The largest absolute Gasteiger partial charge is 0.358 e. The van der Waals surface area contributed by atoms with Crippen LogP contribution in [0.15, 0.2) is 12.1 Å². The van der Waals surface area contributed by atoms with Gasteiger partial charge in [-0.1, -0.05) is 6.92 Å². The van der Waals surface area contributed by atoms with Crippen LogP contribution in [-0.4, -0.2) is 61.4 Å². The molecular formula is C14H25N5. The zero-order valence-electron chi connectivity index (χ0n) is 12.1. The van der Waals surface area contributed by atoms with Crippen LogP contribution in [-0.2, 0) is 6.42 Å². The van der Waals surface area contributed by atoms with E-state index in [2.05, 4.69) is 51.4 Å². The van der Waals surface area contributed by atoms with Crippen LogP contribution >= 0.6 is 0 Å².